The largest absolute Gasteiger partial charge is 0.483 e. The summed E-state index contributed by atoms with van der Waals surface area (Å²) >= 11 is 23.3. The number of benzene rings is 3. The molecule has 0 saturated carbocycles. The summed E-state index contributed by atoms with van der Waals surface area (Å²) in [4.78, 5) is 43.4. The Balaban J connectivity index is 1.49. The van der Waals surface area contributed by atoms with Crippen molar-refractivity contribution in [2.75, 3.05) is 16.9 Å². The van der Waals surface area contributed by atoms with Crippen LogP contribution in [0, 0.1) is 0 Å². The first-order valence-corrected chi connectivity index (χ1v) is 16.8. The van der Waals surface area contributed by atoms with Crippen LogP contribution >= 0.6 is 47.0 Å². The van der Waals surface area contributed by atoms with Crippen molar-refractivity contribution in [1.82, 2.24) is 5.32 Å². The van der Waals surface area contributed by atoms with E-state index in [9.17, 15) is 14.4 Å². The van der Waals surface area contributed by atoms with Gasteiger partial charge in [-0.3, -0.25) is 14.4 Å². The second-order valence-corrected chi connectivity index (χ2v) is 14.0. The third-order valence-electron chi connectivity index (χ3n) is 8.55. The Morgan fingerprint density at radius 3 is 2.27 bits per heavy atom. The molecule has 3 aromatic rings. The number of isothiocyanates is 1. The van der Waals surface area contributed by atoms with E-state index in [1.165, 1.54) is 23.8 Å². The fourth-order valence-corrected chi connectivity index (χ4v) is 5.95. The quantitative estimate of drug-likeness (QED) is 0.152. The number of halogens is 3. The number of hydrogen-bond acceptors (Lipinski definition) is 7. The summed E-state index contributed by atoms with van der Waals surface area (Å²) in [6.07, 6.45) is 1.87. The van der Waals surface area contributed by atoms with Gasteiger partial charge in [0.1, 0.15) is 11.4 Å². The van der Waals surface area contributed by atoms with E-state index in [2.05, 4.69) is 79.6 Å². The number of carbonyl (C=O) groups excluding carboxylic acids is 3. The lowest BCUT2D eigenvalue weighted by Crippen LogP contribution is -2.39. The molecule has 3 amide bonds. The van der Waals surface area contributed by atoms with Crippen molar-refractivity contribution < 1.29 is 19.1 Å². The Labute approximate surface area is 300 Å². The zero-order valence-corrected chi connectivity index (χ0v) is 30.5. The lowest BCUT2D eigenvalue weighted by atomic mass is 9.76. The highest BCUT2D eigenvalue weighted by Gasteiger charge is 2.39. The summed E-state index contributed by atoms with van der Waals surface area (Å²) < 4.78 is 6.05. The lowest BCUT2D eigenvalue weighted by Gasteiger charge is -2.30. The van der Waals surface area contributed by atoms with Gasteiger partial charge < -0.3 is 15.4 Å². The van der Waals surface area contributed by atoms with Crippen molar-refractivity contribution >= 4 is 87.1 Å². The smallest absolute Gasteiger partial charge is 0.281 e. The van der Waals surface area contributed by atoms with E-state index >= 15 is 0 Å². The van der Waals surface area contributed by atoms with Crippen LogP contribution in [0.5, 0.6) is 5.75 Å². The molecule has 0 radical (unpaired) electrons. The highest BCUT2D eigenvalue weighted by molar-refractivity contribution is 7.78. The van der Waals surface area contributed by atoms with E-state index in [4.69, 9.17) is 51.8 Å². The molecule has 2 N–H and O–H groups in total. The number of nitrogens with zero attached hydrogens (tertiary/aromatic N) is 3. The molecule has 0 saturated heterocycles. The molecule has 13 heteroatoms. The first-order valence-electron chi connectivity index (χ1n) is 15.2. The molecular formula is C35H36Cl3N5O4S. The summed E-state index contributed by atoms with van der Waals surface area (Å²) in [7, 11) is 0. The molecule has 1 unspecified atom stereocenters. The molecule has 1 atom stereocenters. The topological polar surface area (TPSA) is 112 Å². The lowest BCUT2D eigenvalue weighted by molar-refractivity contribution is -0.118. The maximum Gasteiger partial charge on any atom is 0.281 e. The SMILES string of the molecule is CCC(C)(C)c1ccc(OCC(=O)Nc2cccc(C(=O)NC3=NN(c4c(Cl)cc(Cl)cc4Cl)C(=O)C3N=C=S)c2)c(C(C)(C)CC)c1. The molecule has 48 heavy (non-hydrogen) atoms. The maximum atomic E-state index is 13.3. The Kier molecular flexibility index (Phi) is 11.7. The highest BCUT2D eigenvalue weighted by Crippen LogP contribution is 2.40. The van der Waals surface area contributed by atoms with Crippen LogP contribution in [0.1, 0.15) is 75.9 Å². The molecule has 0 fully saturated rings. The molecule has 1 heterocycles. The number of rotatable bonds is 11. The van der Waals surface area contributed by atoms with Crippen LogP contribution in [0.4, 0.5) is 11.4 Å². The van der Waals surface area contributed by atoms with Gasteiger partial charge in [-0.15, -0.1) is 5.10 Å². The molecule has 1 aliphatic heterocycles. The van der Waals surface area contributed by atoms with Crippen molar-refractivity contribution in [3.8, 4) is 5.75 Å². The zero-order chi connectivity index (χ0) is 35.4. The van der Waals surface area contributed by atoms with Crippen LogP contribution in [-0.2, 0) is 20.4 Å². The van der Waals surface area contributed by atoms with Gasteiger partial charge in [-0.25, -0.2) is 4.99 Å². The van der Waals surface area contributed by atoms with Gasteiger partial charge >= 0.3 is 0 Å². The van der Waals surface area contributed by atoms with Crippen molar-refractivity contribution in [3.05, 3.63) is 86.4 Å². The first-order chi connectivity index (χ1) is 22.6. The van der Waals surface area contributed by atoms with Crippen molar-refractivity contribution in [3.63, 3.8) is 0 Å². The minimum absolute atomic E-state index is 0.00111. The van der Waals surface area contributed by atoms with Gasteiger partial charge in [0.05, 0.1) is 15.2 Å². The Morgan fingerprint density at radius 2 is 1.65 bits per heavy atom. The van der Waals surface area contributed by atoms with E-state index in [-0.39, 0.29) is 49.6 Å². The normalized spacial score (nSPS) is 14.7. The number of hydrogen-bond donors (Lipinski definition) is 2. The van der Waals surface area contributed by atoms with E-state index in [0.717, 1.165) is 23.4 Å². The highest BCUT2D eigenvalue weighted by atomic mass is 35.5. The maximum absolute atomic E-state index is 13.3. The summed E-state index contributed by atoms with van der Waals surface area (Å²) in [5.41, 5.74) is 2.70. The van der Waals surface area contributed by atoms with E-state index < -0.39 is 23.8 Å². The standard InChI is InChI=1S/C35H36Cl3N5O4S/c1-7-34(3,4)21-12-13-27(24(15-21)35(5,6)8-2)47-18-28(44)40-23-11-9-10-20(14-23)32(45)41-31-29(39-19-48)33(46)43(42-31)30-25(37)16-22(36)17-26(30)38/h9-17,29H,7-8,18H2,1-6H3,(H,40,44)(H,41,42,45). The first kappa shape index (κ1) is 37.0. The minimum Gasteiger partial charge on any atom is -0.483 e. The van der Waals surface area contributed by atoms with Gasteiger partial charge in [0.25, 0.3) is 17.7 Å². The van der Waals surface area contributed by atoms with Crippen LogP contribution in [0.2, 0.25) is 15.1 Å². The van der Waals surface area contributed by atoms with Crippen LogP contribution in [0.25, 0.3) is 0 Å². The van der Waals surface area contributed by atoms with Crippen LogP contribution < -0.4 is 20.4 Å². The fourth-order valence-electron chi connectivity index (χ4n) is 4.87. The average molecular weight is 729 g/mol. The fraction of sp³-hybridized carbons (Fsp3) is 0.343. The van der Waals surface area contributed by atoms with E-state index in [1.54, 1.807) is 18.2 Å². The Bertz CT molecular complexity index is 1820. The zero-order valence-electron chi connectivity index (χ0n) is 27.4. The summed E-state index contributed by atoms with van der Waals surface area (Å²) in [5, 5.41) is 13.1. The Hall–Kier alpha value is -3.79. The number of ether oxygens (including phenoxy) is 1. The summed E-state index contributed by atoms with van der Waals surface area (Å²) in [6, 6.07) is 14.0. The molecule has 3 aromatic carbocycles. The number of anilines is 2. The van der Waals surface area contributed by atoms with Crippen molar-refractivity contribution in [1.29, 1.82) is 0 Å². The predicted octanol–water partition coefficient (Wildman–Crippen LogP) is 8.60. The predicted molar refractivity (Wildman–Crippen MR) is 196 cm³/mol. The van der Waals surface area contributed by atoms with Crippen LogP contribution in [-0.4, -0.2) is 41.4 Å². The van der Waals surface area contributed by atoms with Gasteiger partial charge in [-0.2, -0.15) is 5.01 Å². The third-order valence-corrected chi connectivity index (χ3v) is 9.45. The second kappa shape index (κ2) is 15.2. The molecule has 0 bridgehead atoms. The van der Waals surface area contributed by atoms with Gasteiger partial charge in [0, 0.05) is 21.8 Å². The summed E-state index contributed by atoms with van der Waals surface area (Å²) in [5.74, 6) is -1.15. The Morgan fingerprint density at radius 1 is 0.979 bits per heavy atom. The van der Waals surface area contributed by atoms with Gasteiger partial charge in [-0.05, 0) is 77.9 Å². The van der Waals surface area contributed by atoms with Crippen LogP contribution in [0.15, 0.2) is 64.7 Å². The summed E-state index contributed by atoms with van der Waals surface area (Å²) in [6.45, 7) is 12.8. The van der Waals surface area contributed by atoms with Crippen molar-refractivity contribution in [2.45, 2.75) is 71.3 Å². The number of aliphatic imine (C=N–C) groups is 1. The van der Waals surface area contributed by atoms with Gasteiger partial charge in [-0.1, -0.05) is 94.5 Å². The molecule has 4 rings (SSSR count). The third kappa shape index (κ3) is 8.25. The van der Waals surface area contributed by atoms with E-state index in [0.29, 0.717) is 11.4 Å². The number of carbonyl (C=O) groups is 3. The number of hydrazone groups is 1. The van der Waals surface area contributed by atoms with Crippen molar-refractivity contribution in [2.24, 2.45) is 10.1 Å². The number of thiocarbonyl (C=S) groups is 1. The number of nitrogens with one attached hydrogen (secondary N) is 2. The second-order valence-electron chi connectivity index (χ2n) is 12.5. The minimum atomic E-state index is -1.29. The molecule has 0 aromatic heterocycles. The van der Waals surface area contributed by atoms with Gasteiger partial charge in [0.2, 0.25) is 0 Å². The van der Waals surface area contributed by atoms with E-state index in [1.807, 2.05) is 6.07 Å². The molecular weight excluding hydrogens is 693 g/mol. The molecule has 0 spiro atoms. The number of amidine groups is 1. The number of amides is 3. The molecule has 1 aliphatic rings. The molecule has 252 valence electrons. The molecule has 0 aliphatic carbocycles. The van der Waals surface area contributed by atoms with Crippen LogP contribution in [0.3, 0.4) is 0 Å². The average Bonchev–Trinajstić information content (AvgIpc) is 3.33. The van der Waals surface area contributed by atoms with Gasteiger partial charge in [0.15, 0.2) is 18.5 Å². The molecule has 9 nitrogen and oxygen atoms in total. The monoisotopic (exact) mass is 727 g/mol.